The average molecular weight is 201 g/mol. The summed E-state index contributed by atoms with van der Waals surface area (Å²) in [6.45, 7) is 2.62. The third-order valence-electron chi connectivity index (χ3n) is 1.40. The van der Waals surface area contributed by atoms with E-state index in [0.29, 0.717) is 18.1 Å². The molecule has 0 aromatic rings. The number of unbranched alkanes of at least 4 members (excludes halogenated alkanes) is 2. The van der Waals surface area contributed by atoms with Gasteiger partial charge >= 0.3 is 5.97 Å². The van der Waals surface area contributed by atoms with Crippen LogP contribution in [0.5, 0.6) is 0 Å². The smallest absolute Gasteiger partial charge is 0.315 e. The van der Waals surface area contributed by atoms with E-state index in [9.17, 15) is 4.79 Å². The summed E-state index contributed by atoms with van der Waals surface area (Å²) < 4.78 is 4.92. The number of hydrogen-bond acceptors (Lipinski definition) is 4. The summed E-state index contributed by atoms with van der Waals surface area (Å²) in [5, 5.41) is 8.20. The van der Waals surface area contributed by atoms with Gasteiger partial charge in [0.15, 0.2) is 0 Å². The fourth-order valence-electron chi connectivity index (χ4n) is 0.760. The minimum Gasteiger partial charge on any atom is -0.465 e. The number of nitriles is 1. The number of rotatable bonds is 7. The molecule has 74 valence electrons. The zero-order chi connectivity index (χ0) is 9.94. The van der Waals surface area contributed by atoms with Crippen molar-refractivity contribution in [3.8, 4) is 6.07 Å². The maximum Gasteiger partial charge on any atom is 0.315 e. The molecule has 0 saturated heterocycles. The van der Waals surface area contributed by atoms with Crippen LogP contribution in [0.15, 0.2) is 0 Å². The summed E-state index contributed by atoms with van der Waals surface area (Å²) in [5.74, 6) is 0.431. The highest BCUT2D eigenvalue weighted by Gasteiger charge is 2.01. The Morgan fingerprint density at radius 2 is 2.31 bits per heavy atom. The quantitative estimate of drug-likeness (QED) is 0.467. The van der Waals surface area contributed by atoms with Gasteiger partial charge in [-0.1, -0.05) is 19.8 Å². The number of esters is 1. The second kappa shape index (κ2) is 9.40. The molecule has 0 radical (unpaired) electrons. The first-order chi connectivity index (χ1) is 6.31. The van der Waals surface area contributed by atoms with E-state index in [0.717, 1.165) is 19.3 Å². The van der Waals surface area contributed by atoms with E-state index in [-0.39, 0.29) is 5.97 Å². The molecule has 13 heavy (non-hydrogen) atoms. The van der Waals surface area contributed by atoms with Crippen LogP contribution in [-0.2, 0) is 9.53 Å². The monoisotopic (exact) mass is 201 g/mol. The molecular formula is C9H15NO2S. The highest BCUT2D eigenvalue weighted by molar-refractivity contribution is 8.00. The summed E-state index contributed by atoms with van der Waals surface area (Å²) in [4.78, 5) is 10.9. The first-order valence-electron chi connectivity index (χ1n) is 4.41. The predicted molar refractivity (Wildman–Crippen MR) is 53.4 cm³/mol. The Bertz CT molecular complexity index is 177. The van der Waals surface area contributed by atoms with Crippen molar-refractivity contribution in [2.45, 2.75) is 26.2 Å². The van der Waals surface area contributed by atoms with Crippen LogP contribution in [0.25, 0.3) is 0 Å². The summed E-state index contributed by atoms with van der Waals surface area (Å²) in [7, 11) is 0. The lowest BCUT2D eigenvalue weighted by Crippen LogP contribution is -2.08. The first-order valence-corrected chi connectivity index (χ1v) is 5.57. The van der Waals surface area contributed by atoms with E-state index < -0.39 is 0 Å². The average Bonchev–Trinajstić information content (AvgIpc) is 2.13. The first kappa shape index (κ1) is 12.3. The molecule has 3 nitrogen and oxygen atoms in total. The van der Waals surface area contributed by atoms with Crippen molar-refractivity contribution in [2.75, 3.05) is 18.1 Å². The Labute approximate surface area is 83.4 Å². The van der Waals surface area contributed by atoms with E-state index in [1.165, 1.54) is 11.8 Å². The molecule has 0 aliphatic heterocycles. The molecule has 0 unspecified atom stereocenters. The highest BCUT2D eigenvalue weighted by atomic mass is 32.2. The van der Waals surface area contributed by atoms with Gasteiger partial charge in [0.1, 0.15) is 0 Å². The minimum absolute atomic E-state index is 0.212. The molecule has 0 aliphatic rings. The summed E-state index contributed by atoms with van der Waals surface area (Å²) in [6, 6.07) is 1.95. The highest BCUT2D eigenvalue weighted by Crippen LogP contribution is 2.00. The number of thioether (sulfide) groups is 1. The SMILES string of the molecule is CCCCCOC(=O)CSCC#N. The topological polar surface area (TPSA) is 50.1 Å². The number of hydrogen-bond donors (Lipinski definition) is 0. The fraction of sp³-hybridized carbons (Fsp3) is 0.778. The standard InChI is InChI=1S/C9H15NO2S/c1-2-3-4-6-12-9(11)8-13-7-5-10/h2-4,6-8H2,1H3. The number of ether oxygens (including phenoxy) is 1. The largest absolute Gasteiger partial charge is 0.465 e. The van der Waals surface area contributed by atoms with E-state index >= 15 is 0 Å². The van der Waals surface area contributed by atoms with Crippen LogP contribution in [0.1, 0.15) is 26.2 Å². The van der Waals surface area contributed by atoms with Gasteiger partial charge in [-0.25, -0.2) is 0 Å². The van der Waals surface area contributed by atoms with Gasteiger partial charge in [0.25, 0.3) is 0 Å². The lowest BCUT2D eigenvalue weighted by atomic mass is 10.3. The molecule has 0 rings (SSSR count). The molecule has 0 bridgehead atoms. The van der Waals surface area contributed by atoms with Crippen molar-refractivity contribution in [1.29, 1.82) is 5.26 Å². The number of carbonyl (C=O) groups is 1. The van der Waals surface area contributed by atoms with Crippen molar-refractivity contribution in [3.63, 3.8) is 0 Å². The molecular weight excluding hydrogens is 186 g/mol. The maximum absolute atomic E-state index is 10.9. The zero-order valence-electron chi connectivity index (χ0n) is 7.91. The van der Waals surface area contributed by atoms with Gasteiger partial charge in [-0.15, -0.1) is 11.8 Å². The molecule has 0 atom stereocenters. The molecule has 0 aromatic carbocycles. The third kappa shape index (κ3) is 9.22. The molecule has 0 aromatic heterocycles. The Balaban J connectivity index is 3.16. The molecule has 0 amide bonds. The summed E-state index contributed by atoms with van der Waals surface area (Å²) in [6.07, 6.45) is 3.16. The van der Waals surface area contributed by atoms with E-state index in [2.05, 4.69) is 6.92 Å². The van der Waals surface area contributed by atoms with Crippen LogP contribution in [0.4, 0.5) is 0 Å². The maximum atomic E-state index is 10.9. The van der Waals surface area contributed by atoms with Crippen LogP contribution in [0, 0.1) is 11.3 Å². The van der Waals surface area contributed by atoms with Gasteiger partial charge in [0.05, 0.1) is 24.2 Å². The van der Waals surface area contributed by atoms with Gasteiger partial charge in [0.2, 0.25) is 0 Å². The third-order valence-corrected chi connectivity index (χ3v) is 2.17. The zero-order valence-corrected chi connectivity index (χ0v) is 8.73. The normalized spacial score (nSPS) is 9.23. The second-order valence-corrected chi connectivity index (χ2v) is 3.56. The summed E-state index contributed by atoms with van der Waals surface area (Å²) in [5.41, 5.74) is 0. The van der Waals surface area contributed by atoms with Crippen LogP contribution >= 0.6 is 11.8 Å². The van der Waals surface area contributed by atoms with E-state index in [1.54, 1.807) is 0 Å². The predicted octanol–water partition coefficient (Wildman–Crippen LogP) is 1.98. The lowest BCUT2D eigenvalue weighted by molar-refractivity contribution is -0.140. The van der Waals surface area contributed by atoms with Crippen molar-refractivity contribution >= 4 is 17.7 Å². The fourth-order valence-corrected chi connectivity index (χ4v) is 1.20. The lowest BCUT2D eigenvalue weighted by Gasteiger charge is -2.02. The van der Waals surface area contributed by atoms with Crippen LogP contribution < -0.4 is 0 Å². The second-order valence-electron chi connectivity index (χ2n) is 2.58. The van der Waals surface area contributed by atoms with Crippen molar-refractivity contribution in [3.05, 3.63) is 0 Å². The van der Waals surface area contributed by atoms with Gasteiger partial charge in [-0.05, 0) is 6.42 Å². The van der Waals surface area contributed by atoms with E-state index in [4.69, 9.17) is 10.00 Å². The van der Waals surface area contributed by atoms with Gasteiger partial charge < -0.3 is 4.74 Å². The van der Waals surface area contributed by atoms with Gasteiger partial charge in [0, 0.05) is 0 Å². The van der Waals surface area contributed by atoms with Gasteiger partial charge in [-0.3, -0.25) is 4.79 Å². The van der Waals surface area contributed by atoms with Crippen molar-refractivity contribution < 1.29 is 9.53 Å². The van der Waals surface area contributed by atoms with Crippen LogP contribution in [0.3, 0.4) is 0 Å². The molecule has 4 heteroatoms. The summed E-state index contributed by atoms with van der Waals surface area (Å²) >= 11 is 1.29. The minimum atomic E-state index is -0.212. The van der Waals surface area contributed by atoms with Crippen molar-refractivity contribution in [2.24, 2.45) is 0 Å². The Morgan fingerprint density at radius 3 is 2.92 bits per heavy atom. The van der Waals surface area contributed by atoms with Crippen LogP contribution in [-0.4, -0.2) is 24.1 Å². The Morgan fingerprint density at radius 1 is 1.54 bits per heavy atom. The Hall–Kier alpha value is -0.690. The molecule has 0 saturated carbocycles. The van der Waals surface area contributed by atoms with Crippen molar-refractivity contribution in [1.82, 2.24) is 0 Å². The molecule has 0 aliphatic carbocycles. The van der Waals surface area contributed by atoms with Gasteiger partial charge in [-0.2, -0.15) is 5.26 Å². The molecule has 0 heterocycles. The molecule has 0 spiro atoms. The number of carbonyl (C=O) groups excluding carboxylic acids is 1. The molecule has 0 N–H and O–H groups in total. The number of nitrogens with zero attached hydrogens (tertiary/aromatic N) is 1. The van der Waals surface area contributed by atoms with Crippen LogP contribution in [0.2, 0.25) is 0 Å². The Kier molecular flexibility index (Phi) is 8.90. The van der Waals surface area contributed by atoms with E-state index in [1.807, 2.05) is 6.07 Å². The molecule has 0 fully saturated rings.